The van der Waals surface area contributed by atoms with Crippen molar-refractivity contribution in [3.8, 4) is 0 Å². The van der Waals surface area contributed by atoms with E-state index < -0.39 is 10.0 Å². The minimum atomic E-state index is -3.11. The van der Waals surface area contributed by atoms with Crippen LogP contribution in [-0.4, -0.2) is 44.0 Å². The zero-order chi connectivity index (χ0) is 10.8. The first kappa shape index (κ1) is 11.5. The molecule has 0 saturated carbocycles. The number of nitrogens with one attached hydrogen (secondary N) is 1. The molecule has 82 valence electrons. The summed E-state index contributed by atoms with van der Waals surface area (Å²) in [5.41, 5.74) is 0. The van der Waals surface area contributed by atoms with Crippen LogP contribution in [0.15, 0.2) is 0 Å². The second kappa shape index (κ2) is 4.27. The molecule has 0 aliphatic carbocycles. The minimum Gasteiger partial charge on any atom is -0.352 e. The molecule has 1 aliphatic heterocycles. The lowest BCUT2D eigenvalue weighted by molar-refractivity contribution is -0.119. The molecule has 0 bridgehead atoms. The van der Waals surface area contributed by atoms with E-state index >= 15 is 0 Å². The second-order valence-electron chi connectivity index (χ2n) is 3.66. The molecule has 1 atom stereocenters. The second-order valence-corrected chi connectivity index (χ2v) is 5.64. The van der Waals surface area contributed by atoms with Gasteiger partial charge in [0, 0.05) is 26.1 Å². The van der Waals surface area contributed by atoms with Crippen LogP contribution in [0.25, 0.3) is 0 Å². The van der Waals surface area contributed by atoms with Gasteiger partial charge in [-0.3, -0.25) is 4.79 Å². The molecule has 0 radical (unpaired) electrons. The van der Waals surface area contributed by atoms with E-state index in [1.165, 1.54) is 17.5 Å². The average Bonchev–Trinajstić information content (AvgIpc) is 2.01. The maximum Gasteiger partial charge on any atom is 0.217 e. The molecular formula is C8H16N2O3S. The Morgan fingerprint density at radius 1 is 1.50 bits per heavy atom. The van der Waals surface area contributed by atoms with Gasteiger partial charge in [0.2, 0.25) is 15.9 Å². The maximum absolute atomic E-state index is 11.2. The Labute approximate surface area is 84.5 Å². The molecule has 0 spiro atoms. The smallest absolute Gasteiger partial charge is 0.217 e. The summed E-state index contributed by atoms with van der Waals surface area (Å²) >= 11 is 0. The van der Waals surface area contributed by atoms with Crippen molar-refractivity contribution in [2.45, 2.75) is 25.8 Å². The summed E-state index contributed by atoms with van der Waals surface area (Å²) in [5.74, 6) is -0.106. The highest BCUT2D eigenvalue weighted by Crippen LogP contribution is 2.12. The van der Waals surface area contributed by atoms with E-state index in [2.05, 4.69) is 5.32 Å². The van der Waals surface area contributed by atoms with Crippen LogP contribution in [0.4, 0.5) is 0 Å². The van der Waals surface area contributed by atoms with Crippen LogP contribution in [0.5, 0.6) is 0 Å². The van der Waals surface area contributed by atoms with E-state index in [0.717, 1.165) is 12.8 Å². The average molecular weight is 220 g/mol. The Morgan fingerprint density at radius 2 is 2.14 bits per heavy atom. The summed E-state index contributed by atoms with van der Waals surface area (Å²) < 4.78 is 23.9. The van der Waals surface area contributed by atoms with Gasteiger partial charge in [-0.15, -0.1) is 0 Å². The number of rotatable bonds is 2. The highest BCUT2D eigenvalue weighted by molar-refractivity contribution is 7.88. The quantitative estimate of drug-likeness (QED) is 0.685. The van der Waals surface area contributed by atoms with Crippen molar-refractivity contribution in [3.63, 3.8) is 0 Å². The number of sulfonamides is 1. The van der Waals surface area contributed by atoms with Gasteiger partial charge in [0.25, 0.3) is 0 Å². The lowest BCUT2D eigenvalue weighted by Gasteiger charge is -2.31. The van der Waals surface area contributed by atoms with Crippen LogP contribution in [0.2, 0.25) is 0 Å². The Hall–Kier alpha value is -0.620. The fraction of sp³-hybridized carbons (Fsp3) is 0.875. The van der Waals surface area contributed by atoms with E-state index in [4.69, 9.17) is 0 Å². The molecule has 14 heavy (non-hydrogen) atoms. The van der Waals surface area contributed by atoms with Gasteiger partial charge in [0.05, 0.1) is 6.26 Å². The van der Waals surface area contributed by atoms with E-state index in [9.17, 15) is 13.2 Å². The number of carbonyl (C=O) groups is 1. The SMILES string of the molecule is CC(=O)N[C@@H]1CCCN(S(C)(=O)=O)C1. The lowest BCUT2D eigenvalue weighted by atomic mass is 10.1. The first-order chi connectivity index (χ1) is 6.39. The summed E-state index contributed by atoms with van der Waals surface area (Å²) in [4.78, 5) is 10.8. The summed E-state index contributed by atoms with van der Waals surface area (Å²) in [7, 11) is -3.11. The molecule has 1 amide bonds. The van der Waals surface area contributed by atoms with Crippen molar-refractivity contribution >= 4 is 15.9 Å². The van der Waals surface area contributed by atoms with Gasteiger partial charge in [0.1, 0.15) is 0 Å². The Balaban J connectivity index is 2.56. The molecule has 0 aromatic heterocycles. The molecule has 1 N–H and O–H groups in total. The first-order valence-electron chi connectivity index (χ1n) is 4.62. The Kier molecular flexibility index (Phi) is 3.49. The van der Waals surface area contributed by atoms with Crippen molar-refractivity contribution in [3.05, 3.63) is 0 Å². The molecule has 1 fully saturated rings. The van der Waals surface area contributed by atoms with Crippen molar-refractivity contribution in [2.75, 3.05) is 19.3 Å². The number of piperidine rings is 1. The largest absolute Gasteiger partial charge is 0.352 e. The topological polar surface area (TPSA) is 66.5 Å². The van der Waals surface area contributed by atoms with E-state index in [1.807, 2.05) is 0 Å². The van der Waals surface area contributed by atoms with E-state index in [-0.39, 0.29) is 11.9 Å². The highest BCUT2D eigenvalue weighted by Gasteiger charge is 2.25. The zero-order valence-electron chi connectivity index (χ0n) is 8.49. The van der Waals surface area contributed by atoms with Gasteiger partial charge in [0.15, 0.2) is 0 Å². The Morgan fingerprint density at radius 3 is 2.64 bits per heavy atom. The zero-order valence-corrected chi connectivity index (χ0v) is 9.30. The van der Waals surface area contributed by atoms with Gasteiger partial charge in [-0.1, -0.05) is 0 Å². The molecule has 1 heterocycles. The summed E-state index contributed by atoms with van der Waals surface area (Å²) in [5, 5.41) is 2.74. The predicted molar refractivity (Wildman–Crippen MR) is 53.3 cm³/mol. The molecule has 0 aromatic rings. The number of carbonyl (C=O) groups excluding carboxylic acids is 1. The van der Waals surface area contributed by atoms with Crippen LogP contribution < -0.4 is 5.32 Å². The fourth-order valence-electron chi connectivity index (χ4n) is 1.65. The maximum atomic E-state index is 11.2. The van der Waals surface area contributed by atoms with Gasteiger partial charge in [-0.2, -0.15) is 0 Å². The third-order valence-electron chi connectivity index (χ3n) is 2.26. The van der Waals surface area contributed by atoms with Crippen molar-refractivity contribution in [1.29, 1.82) is 0 Å². The third-order valence-corrected chi connectivity index (χ3v) is 3.53. The van der Waals surface area contributed by atoms with Gasteiger partial charge in [-0.25, -0.2) is 12.7 Å². The molecule has 1 saturated heterocycles. The fourth-order valence-corrected chi connectivity index (χ4v) is 2.56. The van der Waals surface area contributed by atoms with Crippen LogP contribution in [-0.2, 0) is 14.8 Å². The van der Waals surface area contributed by atoms with Gasteiger partial charge in [-0.05, 0) is 12.8 Å². The van der Waals surface area contributed by atoms with Crippen LogP contribution in [0.1, 0.15) is 19.8 Å². The molecule has 6 heteroatoms. The third kappa shape index (κ3) is 3.26. The summed E-state index contributed by atoms with van der Waals surface area (Å²) in [6.07, 6.45) is 2.85. The molecule has 0 unspecified atom stereocenters. The predicted octanol–water partition coefficient (Wildman–Crippen LogP) is -0.453. The molecule has 1 aliphatic rings. The number of hydrogen-bond acceptors (Lipinski definition) is 3. The van der Waals surface area contributed by atoms with Crippen molar-refractivity contribution < 1.29 is 13.2 Å². The number of nitrogens with zero attached hydrogens (tertiary/aromatic N) is 1. The monoisotopic (exact) mass is 220 g/mol. The summed E-state index contributed by atoms with van der Waals surface area (Å²) in [6, 6.07) is -0.0315. The standard InChI is InChI=1S/C8H16N2O3S/c1-7(11)9-8-4-3-5-10(6-8)14(2,12)13/h8H,3-6H2,1-2H3,(H,9,11)/t8-/m1/s1. The normalized spacial score (nSPS) is 24.6. The Bertz CT molecular complexity index is 313. The highest BCUT2D eigenvalue weighted by atomic mass is 32.2. The minimum absolute atomic E-state index is 0.0315. The molecular weight excluding hydrogens is 204 g/mol. The molecule has 1 rings (SSSR count). The summed E-state index contributed by atoms with van der Waals surface area (Å²) in [6.45, 7) is 2.41. The van der Waals surface area contributed by atoms with Crippen LogP contribution >= 0.6 is 0 Å². The van der Waals surface area contributed by atoms with Gasteiger partial charge >= 0.3 is 0 Å². The van der Waals surface area contributed by atoms with E-state index in [0.29, 0.717) is 13.1 Å². The molecule has 5 nitrogen and oxygen atoms in total. The van der Waals surface area contributed by atoms with Crippen LogP contribution in [0, 0.1) is 0 Å². The number of amides is 1. The van der Waals surface area contributed by atoms with Crippen molar-refractivity contribution in [1.82, 2.24) is 9.62 Å². The van der Waals surface area contributed by atoms with Crippen LogP contribution in [0.3, 0.4) is 0 Å². The van der Waals surface area contributed by atoms with Crippen molar-refractivity contribution in [2.24, 2.45) is 0 Å². The van der Waals surface area contributed by atoms with Gasteiger partial charge < -0.3 is 5.32 Å². The first-order valence-corrected chi connectivity index (χ1v) is 6.46. The number of hydrogen-bond donors (Lipinski definition) is 1. The lowest BCUT2D eigenvalue weighted by Crippen LogP contribution is -2.48. The molecule has 0 aromatic carbocycles. The van der Waals surface area contributed by atoms with E-state index in [1.54, 1.807) is 0 Å².